The molecule has 1 saturated heterocycles. The third-order valence-electron chi connectivity index (χ3n) is 5.58. The van der Waals surface area contributed by atoms with Gasteiger partial charge in [0.25, 0.3) is 5.91 Å². The number of hydrogen-bond acceptors (Lipinski definition) is 3. The van der Waals surface area contributed by atoms with Crippen LogP contribution in [0, 0.1) is 6.92 Å². The van der Waals surface area contributed by atoms with E-state index in [2.05, 4.69) is 10.2 Å². The number of piperazine rings is 1. The lowest BCUT2D eigenvalue weighted by Crippen LogP contribution is -2.48. The van der Waals surface area contributed by atoms with E-state index in [1.807, 2.05) is 96.8 Å². The Labute approximate surface area is 189 Å². The minimum atomic E-state index is -0.114. The van der Waals surface area contributed by atoms with Gasteiger partial charge in [0.15, 0.2) is 0 Å². The van der Waals surface area contributed by atoms with Gasteiger partial charge in [0, 0.05) is 49.2 Å². The maximum atomic E-state index is 12.5. The lowest BCUT2D eigenvalue weighted by Gasteiger charge is -2.35. The van der Waals surface area contributed by atoms with Crippen LogP contribution in [0.25, 0.3) is 6.08 Å². The molecule has 3 aromatic carbocycles. The minimum absolute atomic E-state index is 0.0442. The van der Waals surface area contributed by atoms with Crippen LogP contribution in [0.3, 0.4) is 0 Å². The second-order valence-corrected chi connectivity index (χ2v) is 7.93. The van der Waals surface area contributed by atoms with Crippen molar-refractivity contribution in [2.75, 3.05) is 36.4 Å². The molecule has 1 N–H and O–H groups in total. The number of anilines is 2. The van der Waals surface area contributed by atoms with Crippen molar-refractivity contribution in [1.82, 2.24) is 4.90 Å². The van der Waals surface area contributed by atoms with Crippen molar-refractivity contribution in [1.29, 1.82) is 0 Å². The molecule has 0 atom stereocenters. The molecule has 1 heterocycles. The fourth-order valence-corrected chi connectivity index (χ4v) is 3.77. The molecule has 0 bridgehead atoms. The van der Waals surface area contributed by atoms with E-state index < -0.39 is 0 Å². The van der Waals surface area contributed by atoms with Gasteiger partial charge in [-0.2, -0.15) is 0 Å². The molecule has 5 nitrogen and oxygen atoms in total. The first kappa shape index (κ1) is 21.4. The minimum Gasteiger partial charge on any atom is -0.368 e. The predicted molar refractivity (Wildman–Crippen MR) is 130 cm³/mol. The highest BCUT2D eigenvalue weighted by Gasteiger charge is 2.20. The van der Waals surface area contributed by atoms with Gasteiger partial charge in [0.1, 0.15) is 0 Å². The normalized spacial score (nSPS) is 13.9. The zero-order valence-electron chi connectivity index (χ0n) is 18.2. The van der Waals surface area contributed by atoms with Gasteiger partial charge in [0.2, 0.25) is 5.91 Å². The standard InChI is InChI=1S/C27H27N3O2/c1-21-6-5-9-23(20-21)27(32)28-24-11-13-25(14-12-24)29-16-18-30(19-17-29)26(31)15-10-22-7-3-2-4-8-22/h2-15,20H,16-19H2,1H3,(H,28,32). The zero-order chi connectivity index (χ0) is 22.3. The summed E-state index contributed by atoms with van der Waals surface area (Å²) >= 11 is 0. The number of carbonyl (C=O) groups excluding carboxylic acids is 2. The highest BCUT2D eigenvalue weighted by molar-refractivity contribution is 6.04. The summed E-state index contributed by atoms with van der Waals surface area (Å²) in [7, 11) is 0. The van der Waals surface area contributed by atoms with Crippen molar-refractivity contribution >= 4 is 29.3 Å². The molecule has 0 aromatic heterocycles. The van der Waals surface area contributed by atoms with Gasteiger partial charge in [-0.05, 0) is 55.0 Å². The number of aryl methyl sites for hydroxylation is 1. The van der Waals surface area contributed by atoms with Crippen molar-refractivity contribution in [3.05, 3.63) is 102 Å². The molecule has 0 spiro atoms. The van der Waals surface area contributed by atoms with Crippen LogP contribution in [0.15, 0.2) is 84.9 Å². The van der Waals surface area contributed by atoms with E-state index in [-0.39, 0.29) is 11.8 Å². The van der Waals surface area contributed by atoms with Gasteiger partial charge in [-0.25, -0.2) is 0 Å². The van der Waals surface area contributed by atoms with Crippen LogP contribution in [0.4, 0.5) is 11.4 Å². The summed E-state index contributed by atoms with van der Waals surface area (Å²) in [5.74, 6) is -0.0696. The average molecular weight is 426 g/mol. The predicted octanol–water partition coefficient (Wildman–Crippen LogP) is 4.61. The highest BCUT2D eigenvalue weighted by Crippen LogP contribution is 2.20. The number of rotatable bonds is 5. The third kappa shape index (κ3) is 5.43. The molecule has 1 aliphatic rings. The molecule has 2 amide bonds. The van der Waals surface area contributed by atoms with Crippen molar-refractivity contribution in [3.63, 3.8) is 0 Å². The molecule has 32 heavy (non-hydrogen) atoms. The van der Waals surface area contributed by atoms with Crippen LogP contribution in [-0.2, 0) is 4.79 Å². The first-order chi connectivity index (χ1) is 15.6. The summed E-state index contributed by atoms with van der Waals surface area (Å²) in [6, 6.07) is 25.3. The van der Waals surface area contributed by atoms with E-state index in [4.69, 9.17) is 0 Å². The molecule has 1 fully saturated rings. The molecular weight excluding hydrogens is 398 g/mol. The van der Waals surface area contributed by atoms with E-state index in [9.17, 15) is 9.59 Å². The van der Waals surface area contributed by atoms with Gasteiger partial charge in [-0.15, -0.1) is 0 Å². The molecule has 5 heteroatoms. The van der Waals surface area contributed by atoms with Crippen LogP contribution in [0.1, 0.15) is 21.5 Å². The van der Waals surface area contributed by atoms with Crippen LogP contribution < -0.4 is 10.2 Å². The molecule has 0 radical (unpaired) electrons. The van der Waals surface area contributed by atoms with E-state index in [1.54, 1.807) is 6.08 Å². The summed E-state index contributed by atoms with van der Waals surface area (Å²) in [4.78, 5) is 29.1. The summed E-state index contributed by atoms with van der Waals surface area (Å²) in [5.41, 5.74) is 4.58. The summed E-state index contributed by atoms with van der Waals surface area (Å²) in [6.07, 6.45) is 3.51. The molecule has 0 unspecified atom stereocenters. The zero-order valence-corrected chi connectivity index (χ0v) is 18.2. The number of amides is 2. The van der Waals surface area contributed by atoms with E-state index in [1.165, 1.54) is 0 Å². The Kier molecular flexibility index (Phi) is 6.66. The van der Waals surface area contributed by atoms with E-state index >= 15 is 0 Å². The lowest BCUT2D eigenvalue weighted by atomic mass is 10.1. The Morgan fingerprint density at radius 2 is 1.56 bits per heavy atom. The van der Waals surface area contributed by atoms with E-state index in [0.29, 0.717) is 18.7 Å². The van der Waals surface area contributed by atoms with Gasteiger partial charge in [-0.1, -0.05) is 48.0 Å². The first-order valence-corrected chi connectivity index (χ1v) is 10.8. The third-order valence-corrected chi connectivity index (χ3v) is 5.58. The van der Waals surface area contributed by atoms with Crippen molar-refractivity contribution in [2.45, 2.75) is 6.92 Å². The molecular formula is C27H27N3O2. The highest BCUT2D eigenvalue weighted by atomic mass is 16.2. The van der Waals surface area contributed by atoms with Gasteiger partial charge in [-0.3, -0.25) is 9.59 Å². The van der Waals surface area contributed by atoms with Gasteiger partial charge < -0.3 is 15.1 Å². The fourth-order valence-electron chi connectivity index (χ4n) is 3.77. The maximum absolute atomic E-state index is 12.5. The number of nitrogens with one attached hydrogen (secondary N) is 1. The average Bonchev–Trinajstić information content (AvgIpc) is 2.84. The lowest BCUT2D eigenvalue weighted by molar-refractivity contribution is -0.126. The number of nitrogens with zero attached hydrogens (tertiary/aromatic N) is 2. The smallest absolute Gasteiger partial charge is 0.255 e. The number of carbonyl (C=O) groups is 2. The largest absolute Gasteiger partial charge is 0.368 e. The topological polar surface area (TPSA) is 52.7 Å². The molecule has 3 aromatic rings. The Hall–Kier alpha value is -3.86. The Bertz CT molecular complexity index is 1100. The SMILES string of the molecule is Cc1cccc(C(=O)Nc2ccc(N3CCN(C(=O)C=Cc4ccccc4)CC3)cc2)c1. The molecule has 0 saturated carbocycles. The first-order valence-electron chi connectivity index (χ1n) is 10.8. The quantitative estimate of drug-likeness (QED) is 0.608. The monoisotopic (exact) mass is 425 g/mol. The molecule has 0 aliphatic carbocycles. The van der Waals surface area contributed by atoms with Crippen molar-refractivity contribution < 1.29 is 9.59 Å². The second kappa shape index (κ2) is 9.96. The van der Waals surface area contributed by atoms with Crippen LogP contribution in [0.5, 0.6) is 0 Å². The summed E-state index contributed by atoms with van der Waals surface area (Å²) in [5, 5.41) is 2.95. The second-order valence-electron chi connectivity index (χ2n) is 7.93. The van der Waals surface area contributed by atoms with Crippen LogP contribution in [-0.4, -0.2) is 42.9 Å². The number of hydrogen-bond donors (Lipinski definition) is 1. The maximum Gasteiger partial charge on any atom is 0.255 e. The Balaban J connectivity index is 1.29. The van der Waals surface area contributed by atoms with E-state index in [0.717, 1.165) is 35.6 Å². The molecule has 4 rings (SSSR count). The molecule has 1 aliphatic heterocycles. The number of benzene rings is 3. The van der Waals surface area contributed by atoms with Gasteiger partial charge in [0.05, 0.1) is 0 Å². The Morgan fingerprint density at radius 3 is 2.25 bits per heavy atom. The fraction of sp³-hybridized carbons (Fsp3) is 0.185. The summed E-state index contributed by atoms with van der Waals surface area (Å²) < 4.78 is 0. The van der Waals surface area contributed by atoms with Crippen LogP contribution in [0.2, 0.25) is 0 Å². The summed E-state index contributed by atoms with van der Waals surface area (Å²) in [6.45, 7) is 4.89. The van der Waals surface area contributed by atoms with Crippen molar-refractivity contribution in [2.24, 2.45) is 0 Å². The van der Waals surface area contributed by atoms with Crippen molar-refractivity contribution in [3.8, 4) is 0 Å². The Morgan fingerprint density at radius 1 is 0.844 bits per heavy atom. The van der Waals surface area contributed by atoms with Crippen LogP contribution >= 0.6 is 0 Å². The molecule has 162 valence electrons. The van der Waals surface area contributed by atoms with Gasteiger partial charge >= 0.3 is 0 Å².